The van der Waals surface area contributed by atoms with E-state index in [4.69, 9.17) is 5.73 Å². The van der Waals surface area contributed by atoms with Gasteiger partial charge in [0.25, 0.3) is 0 Å². The van der Waals surface area contributed by atoms with Crippen molar-refractivity contribution in [3.8, 4) is 0 Å². The maximum absolute atomic E-state index is 13.7. The van der Waals surface area contributed by atoms with Gasteiger partial charge in [-0.3, -0.25) is 4.90 Å². The molecule has 0 radical (unpaired) electrons. The molecule has 1 saturated heterocycles. The smallest absolute Gasteiger partial charge is 0.126 e. The van der Waals surface area contributed by atoms with Crippen LogP contribution in [-0.2, 0) is 0 Å². The Bertz CT molecular complexity index is 448. The summed E-state index contributed by atoms with van der Waals surface area (Å²) in [6.45, 7) is 8.85. The SMILES string of the molecule is Cc1ccc(C(CN)N2CCSC(C)(C)C2)cc1F. The molecule has 1 fully saturated rings. The van der Waals surface area contributed by atoms with E-state index in [0.717, 1.165) is 24.4 Å². The van der Waals surface area contributed by atoms with Crippen LogP contribution in [0.4, 0.5) is 4.39 Å². The number of hydrogen-bond donors (Lipinski definition) is 1. The van der Waals surface area contributed by atoms with Gasteiger partial charge in [-0.25, -0.2) is 4.39 Å². The summed E-state index contributed by atoms with van der Waals surface area (Å²) in [6, 6.07) is 5.61. The zero-order valence-corrected chi connectivity index (χ0v) is 12.8. The molecule has 1 aromatic rings. The van der Waals surface area contributed by atoms with Gasteiger partial charge in [0, 0.05) is 36.2 Å². The van der Waals surface area contributed by atoms with E-state index in [1.165, 1.54) is 0 Å². The molecule has 0 aliphatic carbocycles. The number of nitrogens with two attached hydrogens (primary N) is 1. The molecule has 2 nitrogen and oxygen atoms in total. The molecule has 4 heteroatoms. The number of aryl methyl sites for hydroxylation is 1. The molecule has 2 N–H and O–H groups in total. The summed E-state index contributed by atoms with van der Waals surface area (Å²) in [5.74, 6) is 0.972. The molecule has 19 heavy (non-hydrogen) atoms. The van der Waals surface area contributed by atoms with Crippen LogP contribution in [0.3, 0.4) is 0 Å². The van der Waals surface area contributed by atoms with Crippen LogP contribution in [-0.4, -0.2) is 35.0 Å². The minimum absolute atomic E-state index is 0.121. The fourth-order valence-electron chi connectivity index (χ4n) is 2.63. The van der Waals surface area contributed by atoms with Gasteiger partial charge in [-0.2, -0.15) is 11.8 Å². The van der Waals surface area contributed by atoms with Gasteiger partial charge < -0.3 is 5.73 Å². The molecule has 1 aliphatic rings. The van der Waals surface area contributed by atoms with Crippen LogP contribution in [0.1, 0.15) is 31.0 Å². The monoisotopic (exact) mass is 282 g/mol. The predicted molar refractivity (Wildman–Crippen MR) is 81.0 cm³/mol. The Kier molecular flexibility index (Phi) is 4.54. The van der Waals surface area contributed by atoms with E-state index in [0.29, 0.717) is 12.1 Å². The van der Waals surface area contributed by atoms with Crippen LogP contribution >= 0.6 is 11.8 Å². The standard InChI is InChI=1S/C15H23FN2S/c1-11-4-5-12(8-13(11)16)14(9-17)18-6-7-19-15(2,3)10-18/h4-5,8,14H,6-7,9-10,17H2,1-3H3. The van der Waals surface area contributed by atoms with E-state index in [-0.39, 0.29) is 16.6 Å². The Labute approximate surface area is 119 Å². The molecule has 1 aromatic carbocycles. The van der Waals surface area contributed by atoms with Crippen molar-refractivity contribution >= 4 is 11.8 Å². The Morgan fingerprint density at radius 3 is 2.79 bits per heavy atom. The topological polar surface area (TPSA) is 29.3 Å². The van der Waals surface area contributed by atoms with E-state index in [1.54, 1.807) is 13.0 Å². The average Bonchev–Trinajstić information content (AvgIpc) is 2.33. The van der Waals surface area contributed by atoms with Crippen molar-refractivity contribution in [2.24, 2.45) is 5.73 Å². The van der Waals surface area contributed by atoms with Crippen LogP contribution in [0.2, 0.25) is 0 Å². The van der Waals surface area contributed by atoms with Crippen molar-refractivity contribution in [1.29, 1.82) is 0 Å². The summed E-state index contributed by atoms with van der Waals surface area (Å²) < 4.78 is 14.0. The number of nitrogens with zero attached hydrogens (tertiary/aromatic N) is 1. The molecular formula is C15H23FN2S. The fraction of sp³-hybridized carbons (Fsp3) is 0.600. The third-order valence-electron chi connectivity index (χ3n) is 3.70. The van der Waals surface area contributed by atoms with Crippen molar-refractivity contribution in [3.05, 3.63) is 35.1 Å². The van der Waals surface area contributed by atoms with Gasteiger partial charge in [0.2, 0.25) is 0 Å². The van der Waals surface area contributed by atoms with E-state index in [2.05, 4.69) is 18.7 Å². The lowest BCUT2D eigenvalue weighted by molar-refractivity contribution is 0.192. The molecule has 1 aliphatic heterocycles. The lowest BCUT2D eigenvalue weighted by Crippen LogP contribution is -2.46. The normalized spacial score (nSPS) is 21.3. The van der Waals surface area contributed by atoms with Gasteiger partial charge in [-0.15, -0.1) is 0 Å². The van der Waals surface area contributed by atoms with Crippen molar-refractivity contribution in [2.45, 2.75) is 31.6 Å². The Morgan fingerprint density at radius 1 is 1.47 bits per heavy atom. The summed E-state index contributed by atoms with van der Waals surface area (Å²) in [5.41, 5.74) is 7.62. The molecule has 2 rings (SSSR count). The van der Waals surface area contributed by atoms with Crippen LogP contribution in [0, 0.1) is 12.7 Å². The first-order valence-corrected chi connectivity index (χ1v) is 7.75. The fourth-order valence-corrected chi connectivity index (χ4v) is 3.77. The van der Waals surface area contributed by atoms with Crippen LogP contribution in [0.25, 0.3) is 0 Å². The molecule has 1 atom stereocenters. The molecule has 0 spiro atoms. The number of halogens is 1. The largest absolute Gasteiger partial charge is 0.329 e. The first kappa shape index (κ1) is 14.8. The maximum Gasteiger partial charge on any atom is 0.126 e. The Morgan fingerprint density at radius 2 is 2.21 bits per heavy atom. The minimum Gasteiger partial charge on any atom is -0.329 e. The quantitative estimate of drug-likeness (QED) is 0.924. The maximum atomic E-state index is 13.7. The van der Waals surface area contributed by atoms with Gasteiger partial charge in [0.15, 0.2) is 0 Å². The van der Waals surface area contributed by atoms with Crippen molar-refractivity contribution in [3.63, 3.8) is 0 Å². The number of hydrogen-bond acceptors (Lipinski definition) is 3. The summed E-state index contributed by atoms with van der Waals surface area (Å²) in [6.07, 6.45) is 0. The second-order valence-electron chi connectivity index (χ2n) is 5.84. The summed E-state index contributed by atoms with van der Waals surface area (Å²) in [7, 11) is 0. The molecule has 0 amide bonds. The molecule has 0 saturated carbocycles. The molecule has 1 heterocycles. The first-order valence-electron chi connectivity index (χ1n) is 6.77. The highest BCUT2D eigenvalue weighted by atomic mass is 32.2. The minimum atomic E-state index is -0.137. The molecule has 106 valence electrons. The van der Waals surface area contributed by atoms with Gasteiger partial charge in [-0.05, 0) is 38.0 Å². The summed E-state index contributed by atoms with van der Waals surface area (Å²) in [4.78, 5) is 2.39. The predicted octanol–water partition coefficient (Wildman–Crippen LogP) is 2.96. The van der Waals surface area contributed by atoms with Crippen molar-refractivity contribution in [1.82, 2.24) is 4.90 Å². The molecule has 0 bridgehead atoms. The van der Waals surface area contributed by atoms with E-state index in [9.17, 15) is 4.39 Å². The Balaban J connectivity index is 2.21. The van der Waals surface area contributed by atoms with Crippen molar-refractivity contribution in [2.75, 3.05) is 25.4 Å². The van der Waals surface area contributed by atoms with E-state index >= 15 is 0 Å². The van der Waals surface area contributed by atoms with Gasteiger partial charge >= 0.3 is 0 Å². The zero-order valence-electron chi connectivity index (χ0n) is 11.9. The lowest BCUT2D eigenvalue weighted by atomic mass is 10.0. The molecular weight excluding hydrogens is 259 g/mol. The van der Waals surface area contributed by atoms with Crippen molar-refractivity contribution < 1.29 is 4.39 Å². The highest BCUT2D eigenvalue weighted by molar-refractivity contribution is 8.00. The third kappa shape index (κ3) is 3.50. The van der Waals surface area contributed by atoms with E-state index in [1.807, 2.05) is 23.9 Å². The second kappa shape index (κ2) is 5.81. The van der Waals surface area contributed by atoms with Crippen LogP contribution < -0.4 is 5.73 Å². The Hall–Kier alpha value is -0.580. The average molecular weight is 282 g/mol. The van der Waals surface area contributed by atoms with Gasteiger partial charge in [-0.1, -0.05) is 12.1 Å². The molecule has 0 aromatic heterocycles. The highest BCUT2D eigenvalue weighted by Gasteiger charge is 2.31. The third-order valence-corrected chi connectivity index (χ3v) is 5.00. The number of thioether (sulfide) groups is 1. The summed E-state index contributed by atoms with van der Waals surface area (Å²) in [5, 5.41) is 0. The number of benzene rings is 1. The molecule has 1 unspecified atom stereocenters. The highest BCUT2D eigenvalue weighted by Crippen LogP contribution is 2.34. The summed E-state index contributed by atoms with van der Waals surface area (Å²) >= 11 is 2.00. The zero-order chi connectivity index (χ0) is 14.0. The van der Waals surface area contributed by atoms with E-state index < -0.39 is 0 Å². The second-order valence-corrected chi connectivity index (χ2v) is 7.64. The van der Waals surface area contributed by atoms with Crippen LogP contribution in [0.15, 0.2) is 18.2 Å². The van der Waals surface area contributed by atoms with Gasteiger partial charge in [0.05, 0.1) is 0 Å². The van der Waals surface area contributed by atoms with Gasteiger partial charge in [0.1, 0.15) is 5.82 Å². The number of rotatable bonds is 3. The van der Waals surface area contributed by atoms with Crippen LogP contribution in [0.5, 0.6) is 0 Å². The first-order chi connectivity index (χ1) is 8.93. The lowest BCUT2D eigenvalue weighted by Gasteiger charge is -2.41.